The van der Waals surface area contributed by atoms with E-state index in [1.165, 1.54) is 12.1 Å². The quantitative estimate of drug-likeness (QED) is 0.544. The van der Waals surface area contributed by atoms with Crippen LogP contribution < -0.4 is 5.32 Å². The molecule has 0 atom stereocenters. The number of anilines is 1. The van der Waals surface area contributed by atoms with Crippen LogP contribution in [0.1, 0.15) is 23.7 Å². The van der Waals surface area contributed by atoms with Gasteiger partial charge in [-0.1, -0.05) is 29.8 Å². The summed E-state index contributed by atoms with van der Waals surface area (Å²) in [6.07, 6.45) is 9.18. The van der Waals surface area contributed by atoms with Crippen molar-refractivity contribution in [1.82, 2.24) is 9.55 Å². The Kier molecular flexibility index (Phi) is 6.48. The number of nitrogens with one attached hydrogen (secondary N) is 1. The zero-order valence-electron chi connectivity index (χ0n) is 18.0. The monoisotopic (exact) mass is 458 g/mol. The van der Waals surface area contributed by atoms with Crippen LogP contribution in [0, 0.1) is 24.1 Å². The average molecular weight is 459 g/mol. The van der Waals surface area contributed by atoms with Gasteiger partial charge in [0.05, 0.1) is 34.8 Å². The Morgan fingerprint density at radius 1 is 1.18 bits per heavy atom. The number of benzene rings is 2. The molecule has 1 N–H and O–H groups in total. The van der Waals surface area contributed by atoms with Crippen molar-refractivity contribution in [3.63, 3.8) is 0 Å². The minimum atomic E-state index is -0.399. The lowest BCUT2D eigenvalue weighted by Gasteiger charge is -2.12. The van der Waals surface area contributed by atoms with Crippen molar-refractivity contribution >= 4 is 34.5 Å². The largest absolute Gasteiger partial charge is 0.324 e. The second-order valence-electron chi connectivity index (χ2n) is 7.39. The van der Waals surface area contributed by atoms with E-state index in [4.69, 9.17) is 11.6 Å². The van der Waals surface area contributed by atoms with E-state index in [1.807, 2.05) is 55.0 Å². The van der Waals surface area contributed by atoms with E-state index in [-0.39, 0.29) is 0 Å². The minimum Gasteiger partial charge on any atom is -0.324 e. The maximum atomic E-state index is 13.5. The van der Waals surface area contributed by atoms with E-state index in [1.54, 1.807) is 18.5 Å². The number of aliphatic imine (C=N–C) groups is 2. The molecule has 0 fully saturated rings. The number of halogens is 2. The van der Waals surface area contributed by atoms with Gasteiger partial charge in [-0.05, 0) is 50.2 Å². The molecular weight excluding hydrogens is 439 g/mol. The van der Waals surface area contributed by atoms with E-state index in [0.29, 0.717) is 40.1 Å². The molecule has 1 aliphatic rings. The third-order valence-corrected chi connectivity index (χ3v) is 5.31. The van der Waals surface area contributed by atoms with E-state index in [0.717, 1.165) is 17.0 Å². The number of aryl methyl sites for hydroxylation is 1. The Hall–Kier alpha value is -4.02. The Morgan fingerprint density at radius 3 is 2.76 bits per heavy atom. The van der Waals surface area contributed by atoms with Gasteiger partial charge in [-0.2, -0.15) is 5.26 Å². The normalized spacial score (nSPS) is 19.4. The van der Waals surface area contributed by atoms with Gasteiger partial charge in [-0.3, -0.25) is 0 Å². The smallest absolute Gasteiger partial charge is 0.223 e. The van der Waals surface area contributed by atoms with Crippen molar-refractivity contribution in [2.24, 2.45) is 9.98 Å². The molecular formula is C25H20ClFN6. The molecule has 8 heteroatoms. The summed E-state index contributed by atoms with van der Waals surface area (Å²) in [6, 6.07) is 12.0. The maximum Gasteiger partial charge on any atom is 0.223 e. The number of aromatic nitrogens is 2. The number of imidazole rings is 1. The van der Waals surface area contributed by atoms with Gasteiger partial charge in [0.2, 0.25) is 5.96 Å². The standard InChI is InChI=1S/C25H20ClFN6/c1-16-14-33(15-30-16)24-9-7-20(11-18(24)13-28)32-25-29-10-4-3-5-21(17(2)31-25)22-8-6-19(27)12-23(22)26/h3-9,11-12,14-15H,10H2,1-2H3,(H,29,32)/b4-3+,21-5+,31-17+. The van der Waals surface area contributed by atoms with Crippen molar-refractivity contribution in [3.05, 3.63) is 94.8 Å². The molecule has 164 valence electrons. The number of hydrogen-bond acceptors (Lipinski definition) is 5. The van der Waals surface area contributed by atoms with Crippen LogP contribution in [0.2, 0.25) is 5.02 Å². The molecule has 2 heterocycles. The molecule has 1 aliphatic heterocycles. The summed E-state index contributed by atoms with van der Waals surface area (Å²) >= 11 is 6.29. The summed E-state index contributed by atoms with van der Waals surface area (Å²) in [5, 5.41) is 13.2. The van der Waals surface area contributed by atoms with Gasteiger partial charge in [-0.25, -0.2) is 19.4 Å². The predicted octanol–water partition coefficient (Wildman–Crippen LogP) is 5.73. The number of nitriles is 1. The topological polar surface area (TPSA) is 78.4 Å². The molecule has 6 nitrogen and oxygen atoms in total. The van der Waals surface area contributed by atoms with E-state index in [2.05, 4.69) is 26.4 Å². The van der Waals surface area contributed by atoms with Crippen LogP contribution in [0.4, 0.5) is 10.1 Å². The Morgan fingerprint density at radius 2 is 2.03 bits per heavy atom. The van der Waals surface area contributed by atoms with Crippen LogP contribution in [-0.2, 0) is 0 Å². The summed E-state index contributed by atoms with van der Waals surface area (Å²) in [5.41, 5.74) is 4.86. The van der Waals surface area contributed by atoms with Gasteiger partial charge < -0.3 is 9.88 Å². The van der Waals surface area contributed by atoms with Gasteiger partial charge in [0.1, 0.15) is 11.9 Å². The van der Waals surface area contributed by atoms with Crippen LogP contribution in [0.25, 0.3) is 11.3 Å². The first-order valence-corrected chi connectivity index (χ1v) is 10.6. The SMILES string of the molecule is CC1=N\C(Nc2ccc(-n3cnc(C)c3)c(C#N)c2)=N/C/C=C/C=C\1c1ccc(F)cc1Cl. The fourth-order valence-electron chi connectivity index (χ4n) is 3.41. The zero-order valence-corrected chi connectivity index (χ0v) is 18.8. The van der Waals surface area contributed by atoms with Crippen molar-refractivity contribution in [1.29, 1.82) is 5.26 Å². The summed E-state index contributed by atoms with van der Waals surface area (Å²) in [7, 11) is 0. The number of rotatable bonds is 3. The van der Waals surface area contributed by atoms with E-state index >= 15 is 0 Å². The third kappa shape index (κ3) is 5.08. The van der Waals surface area contributed by atoms with Crippen LogP contribution in [-0.4, -0.2) is 27.8 Å². The number of nitrogens with zero attached hydrogens (tertiary/aromatic N) is 5. The highest BCUT2D eigenvalue weighted by Gasteiger charge is 2.13. The van der Waals surface area contributed by atoms with Crippen molar-refractivity contribution < 1.29 is 4.39 Å². The number of hydrogen-bond donors (Lipinski definition) is 1. The van der Waals surface area contributed by atoms with Crippen LogP contribution in [0.15, 0.2) is 77.1 Å². The highest BCUT2D eigenvalue weighted by atomic mass is 35.5. The summed E-state index contributed by atoms with van der Waals surface area (Å²) in [5.74, 6) is -0.0117. The lowest BCUT2D eigenvalue weighted by molar-refractivity contribution is 0.628. The van der Waals surface area contributed by atoms with Gasteiger partial charge in [-0.15, -0.1) is 0 Å². The average Bonchev–Trinajstić information content (AvgIpc) is 3.24. The van der Waals surface area contributed by atoms with Crippen LogP contribution in [0.5, 0.6) is 0 Å². The second kappa shape index (κ2) is 9.63. The van der Waals surface area contributed by atoms with Gasteiger partial charge in [0.25, 0.3) is 0 Å². The molecule has 33 heavy (non-hydrogen) atoms. The molecule has 1 aromatic heterocycles. The van der Waals surface area contributed by atoms with Gasteiger partial charge in [0.15, 0.2) is 0 Å². The van der Waals surface area contributed by atoms with Crippen molar-refractivity contribution in [2.75, 3.05) is 11.9 Å². The predicted molar refractivity (Wildman–Crippen MR) is 131 cm³/mol. The van der Waals surface area contributed by atoms with Gasteiger partial charge >= 0.3 is 0 Å². The number of allylic oxidation sites excluding steroid dienone is 3. The summed E-state index contributed by atoms with van der Waals surface area (Å²) in [6.45, 7) is 4.15. The summed E-state index contributed by atoms with van der Waals surface area (Å²) < 4.78 is 15.3. The third-order valence-electron chi connectivity index (χ3n) is 4.99. The fourth-order valence-corrected chi connectivity index (χ4v) is 3.68. The first-order chi connectivity index (χ1) is 15.9. The minimum absolute atomic E-state index is 0.305. The van der Waals surface area contributed by atoms with Gasteiger partial charge in [0, 0.05) is 28.7 Å². The Bertz CT molecular complexity index is 1370. The fraction of sp³-hybridized carbons (Fsp3) is 0.120. The molecule has 0 unspecified atom stereocenters. The van der Waals surface area contributed by atoms with Crippen LogP contribution >= 0.6 is 11.6 Å². The lowest BCUT2D eigenvalue weighted by Crippen LogP contribution is -2.13. The molecule has 4 rings (SSSR count). The molecule has 2 aromatic carbocycles. The first kappa shape index (κ1) is 22.2. The highest BCUT2D eigenvalue weighted by molar-refractivity contribution is 6.36. The Labute approximate surface area is 196 Å². The molecule has 0 saturated heterocycles. The van der Waals surface area contributed by atoms with Crippen LogP contribution in [0.3, 0.4) is 0 Å². The zero-order chi connectivity index (χ0) is 23.4. The molecule has 0 spiro atoms. The van der Waals surface area contributed by atoms with Crippen molar-refractivity contribution in [2.45, 2.75) is 13.8 Å². The number of guanidine groups is 1. The highest BCUT2D eigenvalue weighted by Crippen LogP contribution is 2.27. The molecule has 0 bridgehead atoms. The Balaban J connectivity index is 1.65. The first-order valence-electron chi connectivity index (χ1n) is 10.2. The molecule has 0 saturated carbocycles. The van der Waals surface area contributed by atoms with E-state index < -0.39 is 5.82 Å². The van der Waals surface area contributed by atoms with Crippen molar-refractivity contribution in [3.8, 4) is 11.8 Å². The molecule has 0 amide bonds. The molecule has 0 radical (unpaired) electrons. The molecule has 3 aromatic rings. The summed E-state index contributed by atoms with van der Waals surface area (Å²) in [4.78, 5) is 13.4. The molecule has 0 aliphatic carbocycles. The second-order valence-corrected chi connectivity index (χ2v) is 7.79. The van der Waals surface area contributed by atoms with E-state index in [9.17, 15) is 9.65 Å². The maximum absolute atomic E-state index is 13.5. The lowest BCUT2D eigenvalue weighted by atomic mass is 10.0.